The number of carbonyl (C=O) groups is 1. The fourth-order valence-electron chi connectivity index (χ4n) is 2.66. The Morgan fingerprint density at radius 3 is 2.68 bits per heavy atom. The molecule has 1 aromatic heterocycles. The number of hydrogen-bond donors (Lipinski definition) is 1. The number of hydrogen-bond acceptors (Lipinski definition) is 4. The predicted molar refractivity (Wildman–Crippen MR) is 110 cm³/mol. The van der Waals surface area contributed by atoms with Crippen LogP contribution in [0.3, 0.4) is 0 Å². The Morgan fingerprint density at radius 2 is 2.00 bits per heavy atom. The molecule has 0 saturated carbocycles. The van der Waals surface area contributed by atoms with E-state index in [1.165, 1.54) is 30.0 Å². The van der Waals surface area contributed by atoms with Gasteiger partial charge in [0.25, 0.3) is 0 Å². The van der Waals surface area contributed by atoms with Crippen molar-refractivity contribution < 1.29 is 9.18 Å². The SMILES string of the molecule is CCn1c(Cc2ccccc2)nnc1S[C@@H](C)C(=O)Nc1ccc(F)c(Cl)c1. The first-order valence-electron chi connectivity index (χ1n) is 8.86. The average Bonchev–Trinajstić information content (AvgIpc) is 3.06. The number of anilines is 1. The largest absolute Gasteiger partial charge is 0.325 e. The van der Waals surface area contributed by atoms with Crippen LogP contribution < -0.4 is 5.32 Å². The van der Waals surface area contributed by atoms with E-state index in [1.54, 1.807) is 6.92 Å². The van der Waals surface area contributed by atoms with Gasteiger partial charge in [0.05, 0.1) is 10.3 Å². The van der Waals surface area contributed by atoms with Crippen LogP contribution in [0.15, 0.2) is 53.7 Å². The summed E-state index contributed by atoms with van der Waals surface area (Å²) < 4.78 is 15.3. The summed E-state index contributed by atoms with van der Waals surface area (Å²) in [5.74, 6) is 0.112. The molecule has 0 aliphatic heterocycles. The van der Waals surface area contributed by atoms with Gasteiger partial charge in [-0.25, -0.2) is 4.39 Å². The molecule has 3 rings (SSSR count). The molecule has 8 heteroatoms. The van der Waals surface area contributed by atoms with Gasteiger partial charge in [-0.1, -0.05) is 53.7 Å². The first-order chi connectivity index (χ1) is 13.5. The monoisotopic (exact) mass is 418 g/mol. The van der Waals surface area contributed by atoms with Crippen LogP contribution in [0.25, 0.3) is 0 Å². The maximum Gasteiger partial charge on any atom is 0.237 e. The highest BCUT2D eigenvalue weighted by Crippen LogP contribution is 2.25. The molecular formula is C20H20ClFN4OS. The molecule has 5 nitrogen and oxygen atoms in total. The van der Waals surface area contributed by atoms with Crippen LogP contribution in [0.5, 0.6) is 0 Å². The lowest BCUT2D eigenvalue weighted by molar-refractivity contribution is -0.115. The third kappa shape index (κ3) is 4.91. The van der Waals surface area contributed by atoms with Crippen molar-refractivity contribution in [2.45, 2.75) is 37.2 Å². The highest BCUT2D eigenvalue weighted by Gasteiger charge is 2.20. The summed E-state index contributed by atoms with van der Waals surface area (Å²) in [4.78, 5) is 12.5. The van der Waals surface area contributed by atoms with Crippen LogP contribution in [-0.2, 0) is 17.8 Å². The smallest absolute Gasteiger partial charge is 0.237 e. The Hall–Kier alpha value is -2.38. The van der Waals surface area contributed by atoms with Crippen molar-refractivity contribution in [3.05, 3.63) is 70.8 Å². The van der Waals surface area contributed by atoms with E-state index in [9.17, 15) is 9.18 Å². The molecule has 2 aromatic carbocycles. The number of aromatic nitrogens is 3. The zero-order chi connectivity index (χ0) is 20.1. The molecular weight excluding hydrogens is 399 g/mol. The first kappa shape index (κ1) is 20.4. The first-order valence-corrected chi connectivity index (χ1v) is 10.1. The van der Waals surface area contributed by atoms with Crippen molar-refractivity contribution in [3.8, 4) is 0 Å². The third-order valence-electron chi connectivity index (χ3n) is 4.15. The Morgan fingerprint density at radius 1 is 1.25 bits per heavy atom. The molecule has 0 unspecified atom stereocenters. The minimum Gasteiger partial charge on any atom is -0.325 e. The van der Waals surface area contributed by atoms with Crippen molar-refractivity contribution in [1.82, 2.24) is 14.8 Å². The van der Waals surface area contributed by atoms with E-state index in [0.29, 0.717) is 23.8 Å². The lowest BCUT2D eigenvalue weighted by Gasteiger charge is -2.13. The summed E-state index contributed by atoms with van der Waals surface area (Å²) >= 11 is 7.09. The van der Waals surface area contributed by atoms with Gasteiger partial charge in [0.2, 0.25) is 5.91 Å². The number of thioether (sulfide) groups is 1. The van der Waals surface area contributed by atoms with Crippen molar-refractivity contribution in [2.24, 2.45) is 0 Å². The van der Waals surface area contributed by atoms with Crippen molar-refractivity contribution >= 4 is 35.0 Å². The summed E-state index contributed by atoms with van der Waals surface area (Å²) in [5.41, 5.74) is 1.60. The van der Waals surface area contributed by atoms with Gasteiger partial charge >= 0.3 is 0 Å². The Balaban J connectivity index is 1.68. The normalized spacial score (nSPS) is 12.0. The molecule has 146 valence electrons. The van der Waals surface area contributed by atoms with Gasteiger partial charge in [0.15, 0.2) is 5.16 Å². The highest BCUT2D eigenvalue weighted by molar-refractivity contribution is 8.00. The molecule has 1 N–H and O–H groups in total. The molecule has 0 fully saturated rings. The van der Waals surface area contributed by atoms with Crippen LogP contribution >= 0.6 is 23.4 Å². The van der Waals surface area contributed by atoms with Gasteiger partial charge in [-0.15, -0.1) is 10.2 Å². The number of amides is 1. The van der Waals surface area contributed by atoms with E-state index in [1.807, 2.05) is 41.8 Å². The zero-order valence-corrected chi connectivity index (χ0v) is 17.1. The summed E-state index contributed by atoms with van der Waals surface area (Å²) in [5, 5.41) is 11.6. The lowest BCUT2D eigenvalue weighted by atomic mass is 10.1. The van der Waals surface area contributed by atoms with E-state index in [0.717, 1.165) is 11.4 Å². The average molecular weight is 419 g/mol. The summed E-state index contributed by atoms with van der Waals surface area (Å²) in [6.45, 7) is 4.52. The molecule has 1 amide bonds. The lowest BCUT2D eigenvalue weighted by Crippen LogP contribution is -2.23. The number of benzene rings is 2. The maximum atomic E-state index is 13.3. The van der Waals surface area contributed by atoms with Crippen LogP contribution in [-0.4, -0.2) is 25.9 Å². The van der Waals surface area contributed by atoms with Crippen molar-refractivity contribution in [2.75, 3.05) is 5.32 Å². The molecule has 0 saturated heterocycles. The second kappa shape index (κ2) is 9.21. The zero-order valence-electron chi connectivity index (χ0n) is 15.5. The summed E-state index contributed by atoms with van der Waals surface area (Å²) in [6, 6.07) is 14.1. The van der Waals surface area contributed by atoms with E-state index in [2.05, 4.69) is 15.5 Å². The Bertz CT molecular complexity index is 964. The Kier molecular flexibility index (Phi) is 6.70. The molecule has 0 aliphatic rings. The summed E-state index contributed by atoms with van der Waals surface area (Å²) in [6.07, 6.45) is 0.677. The summed E-state index contributed by atoms with van der Waals surface area (Å²) in [7, 11) is 0. The van der Waals surface area contributed by atoms with Gasteiger partial charge in [-0.3, -0.25) is 4.79 Å². The Labute approximate surface area is 172 Å². The molecule has 0 bridgehead atoms. The molecule has 3 aromatic rings. The fraction of sp³-hybridized carbons (Fsp3) is 0.250. The van der Waals surface area contributed by atoms with Crippen LogP contribution in [0, 0.1) is 5.82 Å². The number of rotatable bonds is 7. The van der Waals surface area contributed by atoms with Crippen LogP contribution in [0.1, 0.15) is 25.2 Å². The van der Waals surface area contributed by atoms with E-state index >= 15 is 0 Å². The number of nitrogens with one attached hydrogen (secondary N) is 1. The molecule has 0 aliphatic carbocycles. The topological polar surface area (TPSA) is 59.8 Å². The van der Waals surface area contributed by atoms with Crippen molar-refractivity contribution in [1.29, 1.82) is 0 Å². The maximum absolute atomic E-state index is 13.3. The molecule has 1 atom stereocenters. The van der Waals surface area contributed by atoms with Crippen molar-refractivity contribution in [3.63, 3.8) is 0 Å². The van der Waals surface area contributed by atoms with Gasteiger partial charge in [-0.05, 0) is 37.6 Å². The standard InChI is InChI=1S/C20H20ClFN4OS/c1-3-26-18(11-14-7-5-4-6-8-14)24-25-20(26)28-13(2)19(27)23-15-9-10-17(22)16(21)12-15/h4-10,12-13H,3,11H2,1-2H3,(H,23,27)/t13-/m0/s1. The molecule has 0 radical (unpaired) electrons. The van der Waals surface area contributed by atoms with Crippen LogP contribution in [0.2, 0.25) is 5.02 Å². The van der Waals surface area contributed by atoms with Gasteiger partial charge in [0.1, 0.15) is 11.6 Å². The third-order valence-corrected chi connectivity index (χ3v) is 5.52. The minimum atomic E-state index is -0.524. The minimum absolute atomic E-state index is 0.0330. The van der Waals surface area contributed by atoms with Gasteiger partial charge in [0, 0.05) is 18.7 Å². The second-order valence-electron chi connectivity index (χ2n) is 6.18. The quantitative estimate of drug-likeness (QED) is 0.560. The number of carbonyl (C=O) groups excluding carboxylic acids is 1. The van der Waals surface area contributed by atoms with Gasteiger partial charge in [-0.2, -0.15) is 0 Å². The van der Waals surface area contributed by atoms with E-state index in [4.69, 9.17) is 11.6 Å². The predicted octanol–water partition coefficient (Wildman–Crippen LogP) is 4.80. The highest BCUT2D eigenvalue weighted by atomic mass is 35.5. The number of nitrogens with zero attached hydrogens (tertiary/aromatic N) is 3. The van der Waals surface area contributed by atoms with E-state index in [-0.39, 0.29) is 10.9 Å². The second-order valence-corrected chi connectivity index (χ2v) is 7.90. The molecule has 0 spiro atoms. The molecule has 28 heavy (non-hydrogen) atoms. The molecule has 1 heterocycles. The fourth-order valence-corrected chi connectivity index (χ4v) is 3.77. The van der Waals surface area contributed by atoms with Crippen LogP contribution in [0.4, 0.5) is 10.1 Å². The van der Waals surface area contributed by atoms with E-state index < -0.39 is 11.1 Å². The van der Waals surface area contributed by atoms with Gasteiger partial charge < -0.3 is 9.88 Å². The number of halogens is 2.